The molecule has 0 aromatic rings. The molecule has 0 nitrogen and oxygen atoms in total. The fourth-order valence-corrected chi connectivity index (χ4v) is 4.99. The Morgan fingerprint density at radius 2 is 1.10 bits per heavy atom. The summed E-state index contributed by atoms with van der Waals surface area (Å²) in [6, 6.07) is 0. The van der Waals surface area contributed by atoms with E-state index >= 15 is 0 Å². The molecule has 1 rings (SSSR count). The molecule has 0 spiro atoms. The van der Waals surface area contributed by atoms with Gasteiger partial charge in [0, 0.05) is 0 Å². The molecule has 0 saturated heterocycles. The third-order valence-electron chi connectivity index (χ3n) is 4.97. The van der Waals surface area contributed by atoms with Gasteiger partial charge in [0.1, 0.15) is 0 Å². The molecule has 1 aliphatic rings. The predicted octanol–water partition coefficient (Wildman–Crippen LogP) is 7.97. The normalized spacial score (nSPS) is 18.1. The van der Waals surface area contributed by atoms with Crippen LogP contribution in [0.2, 0.25) is 0 Å². The zero-order valence-electron chi connectivity index (χ0n) is 14.8. The smallest absolute Gasteiger partial charge is 0.0170 e. The molecule has 21 heavy (non-hydrogen) atoms. The van der Waals surface area contributed by atoms with E-state index in [2.05, 4.69) is 6.92 Å². The van der Waals surface area contributed by atoms with Gasteiger partial charge in [-0.3, -0.25) is 0 Å². The molecule has 0 N–H and O–H groups in total. The van der Waals surface area contributed by atoms with E-state index in [4.69, 9.17) is 0 Å². The summed E-state index contributed by atoms with van der Waals surface area (Å²) in [4.78, 5) is 0. The summed E-state index contributed by atoms with van der Waals surface area (Å²) in [5.74, 6) is 0. The molecule has 1 aliphatic carbocycles. The van der Waals surface area contributed by atoms with Crippen molar-refractivity contribution in [3.8, 4) is 0 Å². The first-order chi connectivity index (χ1) is 10.4. The number of rotatable bonds is 12. The summed E-state index contributed by atoms with van der Waals surface area (Å²) in [5.41, 5.74) is 1.06. The Kier molecular flexibility index (Phi) is 14.2. The molecule has 0 unspecified atom stereocenters. The Balaban J connectivity index is 1.79. The van der Waals surface area contributed by atoms with Gasteiger partial charge < -0.3 is 0 Å². The fraction of sp³-hybridized carbons (Fsp3) is 1.00. The van der Waals surface area contributed by atoms with Gasteiger partial charge in [-0.2, -0.15) is 0 Å². The van der Waals surface area contributed by atoms with Crippen LogP contribution in [0.5, 0.6) is 0 Å². The van der Waals surface area contributed by atoms with E-state index in [1.807, 2.05) is 0 Å². The largest absolute Gasteiger partial charge is 0.0775 e. The van der Waals surface area contributed by atoms with E-state index in [-0.39, 0.29) is 0 Å². The molecule has 0 aromatic carbocycles. The van der Waals surface area contributed by atoms with Gasteiger partial charge in [0.05, 0.1) is 0 Å². The SMILES string of the molecule is CCCCCCCCCCCC[P]C1CCCCCCC1. The Morgan fingerprint density at radius 3 is 1.67 bits per heavy atom. The maximum Gasteiger partial charge on any atom is -0.0170 e. The van der Waals surface area contributed by atoms with Crippen LogP contribution in [0, 0.1) is 0 Å². The topological polar surface area (TPSA) is 0 Å². The van der Waals surface area contributed by atoms with Crippen LogP contribution >= 0.6 is 8.58 Å². The molecule has 125 valence electrons. The highest BCUT2D eigenvalue weighted by Gasteiger charge is 2.11. The molecule has 0 aromatic heterocycles. The van der Waals surface area contributed by atoms with Crippen molar-refractivity contribution in [1.82, 2.24) is 0 Å². The number of hydrogen-bond donors (Lipinski definition) is 0. The molecular formula is C20H40P. The maximum absolute atomic E-state index is 2.30. The molecule has 1 heteroatoms. The van der Waals surface area contributed by atoms with Crippen LogP contribution < -0.4 is 0 Å². The zero-order valence-corrected chi connectivity index (χ0v) is 15.6. The highest BCUT2D eigenvalue weighted by molar-refractivity contribution is 7.38. The van der Waals surface area contributed by atoms with Gasteiger partial charge in [0.15, 0.2) is 0 Å². The Morgan fingerprint density at radius 1 is 0.619 bits per heavy atom. The van der Waals surface area contributed by atoms with E-state index in [9.17, 15) is 0 Å². The predicted molar refractivity (Wildman–Crippen MR) is 99.7 cm³/mol. The molecular weight excluding hydrogens is 271 g/mol. The van der Waals surface area contributed by atoms with Gasteiger partial charge in [-0.25, -0.2) is 0 Å². The van der Waals surface area contributed by atoms with Crippen molar-refractivity contribution in [2.75, 3.05) is 6.16 Å². The minimum atomic E-state index is 1.06. The monoisotopic (exact) mass is 311 g/mol. The van der Waals surface area contributed by atoms with Crippen molar-refractivity contribution < 1.29 is 0 Å². The van der Waals surface area contributed by atoms with Crippen LogP contribution in [0.25, 0.3) is 0 Å². The van der Waals surface area contributed by atoms with E-state index in [1.165, 1.54) is 115 Å². The third-order valence-corrected chi connectivity index (χ3v) is 6.58. The Labute approximate surface area is 137 Å². The summed E-state index contributed by atoms with van der Waals surface area (Å²) in [6.45, 7) is 2.30. The van der Waals surface area contributed by atoms with E-state index in [0.29, 0.717) is 0 Å². The van der Waals surface area contributed by atoms with Crippen molar-refractivity contribution in [1.29, 1.82) is 0 Å². The van der Waals surface area contributed by atoms with Crippen molar-refractivity contribution in [3.05, 3.63) is 0 Å². The highest BCUT2D eigenvalue weighted by atomic mass is 31.1. The second kappa shape index (κ2) is 15.3. The van der Waals surface area contributed by atoms with Crippen molar-refractivity contribution in [3.63, 3.8) is 0 Å². The van der Waals surface area contributed by atoms with Crippen LogP contribution in [-0.4, -0.2) is 11.8 Å². The molecule has 0 amide bonds. The first kappa shape index (κ1) is 19.5. The summed E-state index contributed by atoms with van der Waals surface area (Å²) in [7, 11) is 1.79. The highest BCUT2D eigenvalue weighted by Crippen LogP contribution is 2.32. The number of hydrogen-bond acceptors (Lipinski definition) is 0. The minimum absolute atomic E-state index is 1.06. The lowest BCUT2D eigenvalue weighted by molar-refractivity contribution is 0.510. The van der Waals surface area contributed by atoms with Gasteiger partial charge in [-0.15, -0.1) is 0 Å². The molecule has 0 bridgehead atoms. The molecule has 0 aliphatic heterocycles. The maximum atomic E-state index is 2.30. The van der Waals surface area contributed by atoms with Crippen LogP contribution in [0.1, 0.15) is 116 Å². The Hall–Kier alpha value is 0.430. The quantitative estimate of drug-likeness (QED) is 0.253. The molecule has 1 radical (unpaired) electrons. The fourth-order valence-electron chi connectivity index (χ4n) is 3.49. The average Bonchev–Trinajstić information content (AvgIpc) is 2.46. The van der Waals surface area contributed by atoms with Crippen LogP contribution in [0.3, 0.4) is 0 Å². The van der Waals surface area contributed by atoms with E-state index in [0.717, 1.165) is 5.66 Å². The van der Waals surface area contributed by atoms with Crippen molar-refractivity contribution >= 4 is 8.58 Å². The average molecular weight is 312 g/mol. The lowest BCUT2D eigenvalue weighted by Gasteiger charge is -2.18. The summed E-state index contributed by atoms with van der Waals surface area (Å²) in [5, 5.41) is 0. The molecule has 1 saturated carbocycles. The van der Waals surface area contributed by atoms with Gasteiger partial charge in [-0.1, -0.05) is 105 Å². The van der Waals surface area contributed by atoms with Crippen LogP contribution in [-0.2, 0) is 0 Å². The summed E-state index contributed by atoms with van der Waals surface area (Å²) in [6.07, 6.45) is 26.8. The third kappa shape index (κ3) is 12.6. The zero-order chi connectivity index (χ0) is 15.0. The van der Waals surface area contributed by atoms with Crippen molar-refractivity contribution in [2.45, 2.75) is 122 Å². The first-order valence-corrected chi connectivity index (χ1v) is 11.2. The van der Waals surface area contributed by atoms with Crippen LogP contribution in [0.15, 0.2) is 0 Å². The second-order valence-corrected chi connectivity index (χ2v) is 8.63. The van der Waals surface area contributed by atoms with E-state index in [1.54, 1.807) is 8.58 Å². The summed E-state index contributed by atoms with van der Waals surface area (Å²) < 4.78 is 0. The van der Waals surface area contributed by atoms with Gasteiger partial charge in [-0.05, 0) is 31.1 Å². The molecule has 0 atom stereocenters. The molecule has 0 heterocycles. The minimum Gasteiger partial charge on any atom is -0.0775 e. The van der Waals surface area contributed by atoms with Gasteiger partial charge in [0.25, 0.3) is 0 Å². The first-order valence-electron chi connectivity index (χ1n) is 10.1. The number of unbranched alkanes of at least 4 members (excludes halogenated alkanes) is 9. The molecule has 1 fully saturated rings. The van der Waals surface area contributed by atoms with Gasteiger partial charge >= 0.3 is 0 Å². The standard InChI is InChI=1S/C20H40P/c1-2-3-4-5-6-7-8-9-13-16-19-21-20-17-14-11-10-12-15-18-20/h20H,2-19H2,1H3. The van der Waals surface area contributed by atoms with Crippen molar-refractivity contribution in [2.24, 2.45) is 0 Å². The van der Waals surface area contributed by atoms with E-state index < -0.39 is 0 Å². The summed E-state index contributed by atoms with van der Waals surface area (Å²) >= 11 is 0. The van der Waals surface area contributed by atoms with Gasteiger partial charge in [0.2, 0.25) is 0 Å². The Bertz CT molecular complexity index is 194. The second-order valence-electron chi connectivity index (χ2n) is 7.09. The lowest BCUT2D eigenvalue weighted by atomic mass is 10.0. The lowest BCUT2D eigenvalue weighted by Crippen LogP contribution is -2.04. The van der Waals surface area contributed by atoms with Crippen LogP contribution in [0.4, 0.5) is 0 Å².